The third kappa shape index (κ3) is 4.58. The van der Waals surface area contributed by atoms with Crippen molar-refractivity contribution in [2.45, 2.75) is 51.1 Å². The molecule has 4 nitrogen and oxygen atoms in total. The van der Waals surface area contributed by atoms with Crippen molar-refractivity contribution in [3.63, 3.8) is 0 Å². The van der Waals surface area contributed by atoms with E-state index in [2.05, 4.69) is 40.5 Å². The van der Waals surface area contributed by atoms with Crippen molar-refractivity contribution in [3.05, 3.63) is 35.9 Å². The van der Waals surface area contributed by atoms with Crippen molar-refractivity contribution < 1.29 is 4.79 Å². The van der Waals surface area contributed by atoms with Crippen LogP contribution in [0.2, 0.25) is 0 Å². The summed E-state index contributed by atoms with van der Waals surface area (Å²) in [5.74, 6) is 1.50. The van der Waals surface area contributed by atoms with Crippen LogP contribution in [0.15, 0.2) is 30.3 Å². The van der Waals surface area contributed by atoms with Crippen molar-refractivity contribution in [2.75, 3.05) is 19.6 Å². The minimum atomic E-state index is -0.0459. The highest BCUT2D eigenvalue weighted by Crippen LogP contribution is 2.32. The number of hydrogen-bond acceptors (Lipinski definition) is 3. The van der Waals surface area contributed by atoms with E-state index in [1.807, 2.05) is 6.92 Å². The zero-order chi connectivity index (χ0) is 16.9. The molecule has 2 atom stereocenters. The van der Waals surface area contributed by atoms with Crippen molar-refractivity contribution in [2.24, 2.45) is 17.6 Å². The van der Waals surface area contributed by atoms with Crippen LogP contribution in [-0.2, 0) is 11.2 Å². The lowest BCUT2D eigenvalue weighted by Gasteiger charge is -2.36. The Balaban J connectivity index is 1.44. The quantitative estimate of drug-likeness (QED) is 0.806. The fourth-order valence-electron chi connectivity index (χ4n) is 3.83. The van der Waals surface area contributed by atoms with Crippen LogP contribution in [-0.4, -0.2) is 42.5 Å². The molecule has 0 aromatic heterocycles. The predicted molar refractivity (Wildman–Crippen MR) is 97.6 cm³/mol. The number of benzene rings is 1. The molecule has 2 aliphatic rings. The fraction of sp³-hybridized carbons (Fsp3) is 0.650. The molecule has 1 heterocycles. The van der Waals surface area contributed by atoms with Gasteiger partial charge in [0.05, 0.1) is 6.04 Å². The van der Waals surface area contributed by atoms with Crippen LogP contribution >= 0.6 is 0 Å². The molecule has 1 aromatic carbocycles. The Morgan fingerprint density at radius 3 is 2.46 bits per heavy atom. The molecule has 4 heteroatoms. The molecule has 1 saturated carbocycles. The number of carbonyl (C=O) groups is 1. The number of nitrogens with two attached hydrogens (primary N) is 1. The van der Waals surface area contributed by atoms with Gasteiger partial charge in [-0.2, -0.15) is 0 Å². The van der Waals surface area contributed by atoms with Crippen LogP contribution in [0.3, 0.4) is 0 Å². The third-order valence-corrected chi connectivity index (χ3v) is 5.72. The van der Waals surface area contributed by atoms with Gasteiger partial charge >= 0.3 is 0 Å². The molecule has 3 N–H and O–H groups in total. The van der Waals surface area contributed by atoms with Crippen molar-refractivity contribution in [1.82, 2.24) is 10.2 Å². The van der Waals surface area contributed by atoms with Crippen LogP contribution < -0.4 is 11.1 Å². The van der Waals surface area contributed by atoms with E-state index in [1.165, 1.54) is 31.2 Å². The lowest BCUT2D eigenvalue weighted by molar-refractivity contribution is -0.127. The Hall–Kier alpha value is -1.39. The lowest BCUT2D eigenvalue weighted by atomic mass is 9.89. The van der Waals surface area contributed by atoms with Crippen molar-refractivity contribution in [3.8, 4) is 0 Å². The van der Waals surface area contributed by atoms with E-state index in [4.69, 9.17) is 5.73 Å². The van der Waals surface area contributed by atoms with E-state index >= 15 is 0 Å². The number of hydrogen-bond donors (Lipinski definition) is 2. The number of amides is 1. The van der Waals surface area contributed by atoms with Gasteiger partial charge in [-0.3, -0.25) is 9.69 Å². The Labute approximate surface area is 145 Å². The van der Waals surface area contributed by atoms with E-state index < -0.39 is 0 Å². The number of likely N-dealkylation sites (tertiary alicyclic amines) is 1. The molecule has 132 valence electrons. The molecular weight excluding hydrogens is 298 g/mol. The number of nitrogens with zero attached hydrogens (tertiary/aromatic N) is 1. The van der Waals surface area contributed by atoms with E-state index in [1.54, 1.807) is 0 Å². The Morgan fingerprint density at radius 2 is 1.88 bits per heavy atom. The molecule has 1 amide bonds. The number of nitrogens with one attached hydrogen (secondary N) is 1. The summed E-state index contributed by atoms with van der Waals surface area (Å²) in [6.07, 6.45) is 5.93. The maximum atomic E-state index is 12.5. The highest BCUT2D eigenvalue weighted by atomic mass is 16.2. The van der Waals surface area contributed by atoms with E-state index in [0.29, 0.717) is 12.5 Å². The minimum Gasteiger partial charge on any atom is -0.350 e. The number of carbonyl (C=O) groups excluding carboxylic acids is 1. The SMILES string of the molecule is CC(C(=O)NC(CN)C1CC1)N1CCC(Cc2ccccc2)CC1. The zero-order valence-electron chi connectivity index (χ0n) is 14.8. The molecule has 0 spiro atoms. The van der Waals surface area contributed by atoms with Gasteiger partial charge in [-0.15, -0.1) is 0 Å². The topological polar surface area (TPSA) is 58.4 Å². The van der Waals surface area contributed by atoms with E-state index in [-0.39, 0.29) is 18.0 Å². The summed E-state index contributed by atoms with van der Waals surface area (Å²) < 4.78 is 0. The van der Waals surface area contributed by atoms with Gasteiger partial charge in [0.25, 0.3) is 0 Å². The maximum Gasteiger partial charge on any atom is 0.237 e. The maximum absolute atomic E-state index is 12.5. The molecule has 24 heavy (non-hydrogen) atoms. The summed E-state index contributed by atoms with van der Waals surface area (Å²) in [4.78, 5) is 14.8. The first-order valence-electron chi connectivity index (χ1n) is 9.45. The highest BCUT2D eigenvalue weighted by molar-refractivity contribution is 5.81. The predicted octanol–water partition coefficient (Wildman–Crippen LogP) is 2.18. The van der Waals surface area contributed by atoms with Crippen molar-refractivity contribution >= 4 is 5.91 Å². The van der Waals surface area contributed by atoms with Crippen LogP contribution in [0.4, 0.5) is 0 Å². The summed E-state index contributed by atoms with van der Waals surface area (Å²) >= 11 is 0. The summed E-state index contributed by atoms with van der Waals surface area (Å²) in [6.45, 7) is 4.63. The number of piperidine rings is 1. The van der Waals surface area contributed by atoms with Crippen LogP contribution in [0.1, 0.15) is 38.2 Å². The zero-order valence-corrected chi connectivity index (χ0v) is 14.8. The Kier molecular flexibility index (Phi) is 5.90. The molecule has 1 saturated heterocycles. The van der Waals surface area contributed by atoms with Gasteiger partial charge in [-0.25, -0.2) is 0 Å². The summed E-state index contributed by atoms with van der Waals surface area (Å²) in [5, 5.41) is 3.17. The van der Waals surface area contributed by atoms with E-state index in [9.17, 15) is 4.79 Å². The van der Waals surface area contributed by atoms with Gasteiger partial charge < -0.3 is 11.1 Å². The van der Waals surface area contributed by atoms with Gasteiger partial charge in [0.15, 0.2) is 0 Å². The van der Waals surface area contributed by atoms with Crippen LogP contribution in [0.25, 0.3) is 0 Å². The first kappa shape index (κ1) is 17.4. The van der Waals surface area contributed by atoms with E-state index in [0.717, 1.165) is 25.4 Å². The molecule has 2 fully saturated rings. The average Bonchev–Trinajstić information content (AvgIpc) is 3.45. The van der Waals surface area contributed by atoms with Gasteiger partial charge in [0.2, 0.25) is 5.91 Å². The first-order chi connectivity index (χ1) is 11.7. The smallest absolute Gasteiger partial charge is 0.237 e. The summed E-state index contributed by atoms with van der Waals surface area (Å²) in [7, 11) is 0. The largest absolute Gasteiger partial charge is 0.350 e. The third-order valence-electron chi connectivity index (χ3n) is 5.72. The van der Waals surface area contributed by atoms with Gasteiger partial charge in [0.1, 0.15) is 0 Å². The Bertz CT molecular complexity index is 521. The van der Waals surface area contributed by atoms with Crippen LogP contribution in [0, 0.1) is 11.8 Å². The Morgan fingerprint density at radius 1 is 1.21 bits per heavy atom. The average molecular weight is 329 g/mol. The highest BCUT2D eigenvalue weighted by Gasteiger charge is 2.33. The number of rotatable bonds is 7. The molecule has 1 aromatic rings. The van der Waals surface area contributed by atoms with Crippen molar-refractivity contribution in [1.29, 1.82) is 0 Å². The van der Waals surface area contributed by atoms with Gasteiger partial charge in [0, 0.05) is 12.6 Å². The molecule has 2 unspecified atom stereocenters. The molecule has 1 aliphatic carbocycles. The first-order valence-corrected chi connectivity index (χ1v) is 9.45. The lowest BCUT2D eigenvalue weighted by Crippen LogP contribution is -2.52. The molecular formula is C20H31N3O. The molecule has 3 rings (SSSR count). The second-order valence-corrected chi connectivity index (χ2v) is 7.53. The van der Waals surface area contributed by atoms with Crippen LogP contribution in [0.5, 0.6) is 0 Å². The monoisotopic (exact) mass is 329 g/mol. The standard InChI is InChI=1S/C20H31N3O/c1-15(20(24)22-19(14-21)18-7-8-18)23-11-9-17(10-12-23)13-16-5-3-2-4-6-16/h2-6,15,17-19H,7-14,21H2,1H3,(H,22,24). The molecule has 0 bridgehead atoms. The second kappa shape index (κ2) is 8.13. The van der Waals surface area contributed by atoms with Gasteiger partial charge in [-0.1, -0.05) is 30.3 Å². The summed E-state index contributed by atoms with van der Waals surface area (Å²) in [6, 6.07) is 10.9. The summed E-state index contributed by atoms with van der Waals surface area (Å²) in [5.41, 5.74) is 7.23. The fourth-order valence-corrected chi connectivity index (χ4v) is 3.83. The normalized spacial score (nSPS) is 22.1. The minimum absolute atomic E-state index is 0.0459. The molecule has 0 radical (unpaired) electrons. The second-order valence-electron chi connectivity index (χ2n) is 7.53. The van der Waals surface area contributed by atoms with Gasteiger partial charge in [-0.05, 0) is 69.5 Å². The molecule has 1 aliphatic heterocycles.